The number of nitrogens with zero attached hydrogens (tertiary/aromatic N) is 2. The van der Waals surface area contributed by atoms with Gasteiger partial charge >= 0.3 is 6.09 Å². The lowest BCUT2D eigenvalue weighted by molar-refractivity contribution is 0.195. The first-order chi connectivity index (χ1) is 12.1. The zero-order chi connectivity index (χ0) is 19.2. The number of halogens is 2. The standard InChI is InChI=1S/C18H18F2N4O2/c1-18(2,3)24(17(25)26)13-7-4-9(8-12(13)19)10-5-6-11-15(14(10)20)22-23-16(11)21/h4-8H,1-3H3,(H,25,26)(H3,21,22,23). The largest absolute Gasteiger partial charge is 0.465 e. The third-order valence-electron chi connectivity index (χ3n) is 4.07. The van der Waals surface area contributed by atoms with E-state index in [1.165, 1.54) is 18.2 Å². The van der Waals surface area contributed by atoms with Crippen molar-refractivity contribution in [1.82, 2.24) is 10.2 Å². The lowest BCUT2D eigenvalue weighted by Gasteiger charge is -2.33. The Morgan fingerprint density at radius 1 is 1.23 bits per heavy atom. The van der Waals surface area contributed by atoms with Crippen LogP contribution in [0.5, 0.6) is 0 Å². The second-order valence-corrected chi connectivity index (χ2v) is 6.91. The highest BCUT2D eigenvalue weighted by Crippen LogP contribution is 2.34. The number of amides is 1. The molecule has 0 aliphatic carbocycles. The molecule has 0 spiro atoms. The average Bonchev–Trinajstić information content (AvgIpc) is 2.90. The van der Waals surface area contributed by atoms with Gasteiger partial charge in [0.1, 0.15) is 11.3 Å². The first-order valence-corrected chi connectivity index (χ1v) is 7.86. The Balaban J connectivity index is 2.11. The summed E-state index contributed by atoms with van der Waals surface area (Å²) in [6.07, 6.45) is -1.27. The van der Waals surface area contributed by atoms with Gasteiger partial charge in [0.2, 0.25) is 0 Å². The van der Waals surface area contributed by atoms with E-state index in [2.05, 4.69) is 10.2 Å². The minimum Gasteiger partial charge on any atom is -0.465 e. The van der Waals surface area contributed by atoms with Crippen molar-refractivity contribution in [3.05, 3.63) is 42.0 Å². The van der Waals surface area contributed by atoms with Gasteiger partial charge in [-0.25, -0.2) is 13.6 Å². The van der Waals surface area contributed by atoms with Crippen LogP contribution >= 0.6 is 0 Å². The number of nitrogen functional groups attached to an aromatic ring is 1. The van der Waals surface area contributed by atoms with Gasteiger partial charge in [0.25, 0.3) is 0 Å². The van der Waals surface area contributed by atoms with E-state index < -0.39 is 23.3 Å². The first kappa shape index (κ1) is 17.7. The van der Waals surface area contributed by atoms with E-state index in [9.17, 15) is 18.7 Å². The summed E-state index contributed by atoms with van der Waals surface area (Å²) in [5, 5.41) is 16.1. The Morgan fingerprint density at radius 3 is 2.50 bits per heavy atom. The molecule has 0 saturated heterocycles. The van der Waals surface area contributed by atoms with Crippen molar-refractivity contribution in [2.75, 3.05) is 10.6 Å². The number of aromatic amines is 1. The molecule has 1 heterocycles. The molecule has 0 saturated carbocycles. The molecule has 3 aromatic rings. The van der Waals surface area contributed by atoms with Gasteiger partial charge < -0.3 is 10.8 Å². The molecule has 1 amide bonds. The number of nitrogens with one attached hydrogen (secondary N) is 1. The van der Waals surface area contributed by atoms with Crippen molar-refractivity contribution in [2.45, 2.75) is 26.3 Å². The van der Waals surface area contributed by atoms with Crippen LogP contribution in [0.15, 0.2) is 30.3 Å². The van der Waals surface area contributed by atoms with Gasteiger partial charge in [0.05, 0.1) is 5.69 Å². The van der Waals surface area contributed by atoms with Crippen molar-refractivity contribution in [3.63, 3.8) is 0 Å². The predicted octanol–water partition coefficient (Wildman–Crippen LogP) is 4.37. The summed E-state index contributed by atoms with van der Waals surface area (Å²) in [6, 6.07) is 6.99. The molecule has 2 aromatic carbocycles. The average molecular weight is 360 g/mol. The smallest absolute Gasteiger partial charge is 0.412 e. The van der Waals surface area contributed by atoms with Gasteiger partial charge in [-0.1, -0.05) is 12.1 Å². The maximum atomic E-state index is 14.7. The molecule has 0 aliphatic rings. The number of carboxylic acid groups (broad SMARTS) is 1. The van der Waals surface area contributed by atoms with Gasteiger partial charge in [0, 0.05) is 16.5 Å². The fourth-order valence-electron chi connectivity index (χ4n) is 2.91. The second kappa shape index (κ2) is 5.98. The molecule has 0 unspecified atom stereocenters. The molecule has 0 aliphatic heterocycles. The summed E-state index contributed by atoms with van der Waals surface area (Å²) in [6.45, 7) is 4.97. The van der Waals surface area contributed by atoms with Crippen molar-refractivity contribution >= 4 is 28.5 Å². The van der Waals surface area contributed by atoms with Gasteiger partial charge in [-0.3, -0.25) is 10.00 Å². The normalized spacial score (nSPS) is 11.7. The highest BCUT2D eigenvalue weighted by molar-refractivity contribution is 5.93. The van der Waals surface area contributed by atoms with Crippen LogP contribution in [0.3, 0.4) is 0 Å². The summed E-state index contributed by atoms with van der Waals surface area (Å²) in [5.41, 5.74) is 5.28. The van der Waals surface area contributed by atoms with Crippen LogP contribution < -0.4 is 10.6 Å². The summed E-state index contributed by atoms with van der Waals surface area (Å²) < 4.78 is 29.4. The molecule has 3 rings (SSSR count). The Hall–Kier alpha value is -3.16. The fraction of sp³-hybridized carbons (Fsp3) is 0.222. The Labute approximate surface area is 148 Å². The van der Waals surface area contributed by atoms with Crippen LogP contribution in [-0.2, 0) is 0 Å². The van der Waals surface area contributed by atoms with Crippen LogP contribution in [0, 0.1) is 11.6 Å². The molecule has 4 N–H and O–H groups in total. The molecule has 26 heavy (non-hydrogen) atoms. The topological polar surface area (TPSA) is 95.2 Å². The SMILES string of the molecule is CC(C)(C)N(C(=O)O)c1ccc(-c2ccc3c(N)n[nH]c3c2F)cc1F. The minimum atomic E-state index is -1.27. The third-order valence-corrected chi connectivity index (χ3v) is 4.07. The molecule has 8 heteroatoms. The number of rotatable bonds is 2. The number of H-pyrrole nitrogens is 1. The maximum Gasteiger partial charge on any atom is 0.412 e. The number of hydrogen-bond donors (Lipinski definition) is 3. The number of hydrogen-bond acceptors (Lipinski definition) is 3. The van der Waals surface area contributed by atoms with Gasteiger partial charge in [0.15, 0.2) is 11.6 Å². The van der Waals surface area contributed by atoms with Crippen LogP contribution in [0.2, 0.25) is 0 Å². The summed E-state index contributed by atoms with van der Waals surface area (Å²) >= 11 is 0. The summed E-state index contributed by atoms with van der Waals surface area (Å²) in [5.74, 6) is -1.19. The Morgan fingerprint density at radius 2 is 1.92 bits per heavy atom. The quantitative estimate of drug-likeness (QED) is 0.632. The predicted molar refractivity (Wildman–Crippen MR) is 96.1 cm³/mol. The number of fused-ring (bicyclic) bond motifs is 1. The Bertz CT molecular complexity index is 1010. The van der Waals surface area contributed by atoms with E-state index in [1.807, 2.05) is 0 Å². The van der Waals surface area contributed by atoms with E-state index in [-0.39, 0.29) is 28.1 Å². The van der Waals surface area contributed by atoms with Crippen LogP contribution in [-0.4, -0.2) is 26.9 Å². The third kappa shape index (κ3) is 2.83. The molecule has 0 radical (unpaired) electrons. The summed E-state index contributed by atoms with van der Waals surface area (Å²) in [7, 11) is 0. The number of carbonyl (C=O) groups is 1. The Kier molecular flexibility index (Phi) is 4.06. The van der Waals surface area contributed by atoms with Crippen LogP contribution in [0.1, 0.15) is 20.8 Å². The van der Waals surface area contributed by atoms with Gasteiger partial charge in [-0.05, 0) is 44.5 Å². The molecular weight excluding hydrogens is 342 g/mol. The second-order valence-electron chi connectivity index (χ2n) is 6.91. The van der Waals surface area contributed by atoms with E-state index in [0.29, 0.717) is 5.39 Å². The molecule has 136 valence electrons. The maximum absolute atomic E-state index is 14.7. The number of nitrogens with two attached hydrogens (primary N) is 1. The van der Waals surface area contributed by atoms with Gasteiger partial charge in [-0.2, -0.15) is 5.10 Å². The molecule has 1 aromatic heterocycles. The number of aromatic nitrogens is 2. The fourth-order valence-corrected chi connectivity index (χ4v) is 2.91. The monoisotopic (exact) mass is 360 g/mol. The van der Waals surface area contributed by atoms with Gasteiger partial charge in [-0.15, -0.1) is 0 Å². The van der Waals surface area contributed by atoms with Crippen molar-refractivity contribution in [1.29, 1.82) is 0 Å². The molecule has 0 fully saturated rings. The van der Waals surface area contributed by atoms with E-state index in [4.69, 9.17) is 5.73 Å². The van der Waals surface area contributed by atoms with E-state index >= 15 is 0 Å². The molecule has 0 atom stereocenters. The number of benzene rings is 2. The summed E-state index contributed by atoms with van der Waals surface area (Å²) in [4.78, 5) is 12.5. The van der Waals surface area contributed by atoms with Crippen molar-refractivity contribution in [2.24, 2.45) is 0 Å². The van der Waals surface area contributed by atoms with Crippen molar-refractivity contribution in [3.8, 4) is 11.1 Å². The zero-order valence-corrected chi connectivity index (χ0v) is 14.5. The van der Waals surface area contributed by atoms with Crippen LogP contribution in [0.4, 0.5) is 25.1 Å². The van der Waals surface area contributed by atoms with Crippen molar-refractivity contribution < 1.29 is 18.7 Å². The molecular formula is C18H18F2N4O2. The number of anilines is 2. The van der Waals surface area contributed by atoms with E-state index in [0.717, 1.165) is 11.0 Å². The minimum absolute atomic E-state index is 0.0963. The highest BCUT2D eigenvalue weighted by atomic mass is 19.1. The van der Waals surface area contributed by atoms with E-state index in [1.54, 1.807) is 26.8 Å². The first-order valence-electron chi connectivity index (χ1n) is 7.86. The lowest BCUT2D eigenvalue weighted by Crippen LogP contribution is -2.45. The lowest BCUT2D eigenvalue weighted by atomic mass is 10.0. The molecule has 6 nitrogen and oxygen atoms in total. The zero-order valence-electron chi connectivity index (χ0n) is 14.5. The highest BCUT2D eigenvalue weighted by Gasteiger charge is 2.30. The molecule has 0 bridgehead atoms. The van der Waals surface area contributed by atoms with Crippen LogP contribution in [0.25, 0.3) is 22.0 Å².